The van der Waals surface area contributed by atoms with Crippen LogP contribution < -0.4 is 0 Å². The molecule has 0 bridgehead atoms. The van der Waals surface area contributed by atoms with Crippen molar-refractivity contribution in [1.29, 1.82) is 0 Å². The number of hydrogen-bond donors (Lipinski definition) is 1. The third-order valence-electron chi connectivity index (χ3n) is 2.54. The summed E-state index contributed by atoms with van der Waals surface area (Å²) in [4.78, 5) is 18.8. The van der Waals surface area contributed by atoms with Gasteiger partial charge in [0.1, 0.15) is 0 Å². The number of carboxylic acids is 1. The van der Waals surface area contributed by atoms with Crippen LogP contribution in [0.25, 0.3) is 16.9 Å². The van der Waals surface area contributed by atoms with E-state index in [2.05, 4.69) is 15.1 Å². The molecule has 0 aliphatic heterocycles. The molecule has 0 aliphatic carbocycles. The summed E-state index contributed by atoms with van der Waals surface area (Å²) in [7, 11) is 0. The van der Waals surface area contributed by atoms with E-state index in [1.807, 2.05) is 12.1 Å². The van der Waals surface area contributed by atoms with Crippen LogP contribution >= 0.6 is 0 Å². The fourth-order valence-corrected chi connectivity index (χ4v) is 1.65. The van der Waals surface area contributed by atoms with Crippen molar-refractivity contribution in [2.24, 2.45) is 0 Å². The molecule has 0 aliphatic rings. The van der Waals surface area contributed by atoms with Crippen LogP contribution in [0.15, 0.2) is 43.0 Å². The van der Waals surface area contributed by atoms with Gasteiger partial charge in [0, 0.05) is 36.4 Å². The predicted octanol–water partition coefficient (Wildman–Crippen LogP) is 1.49. The maximum Gasteiger partial charge on any atom is 0.338 e. The monoisotopic (exact) mass is 240 g/mol. The molecule has 0 fully saturated rings. The number of aromatic nitrogens is 4. The molecule has 3 heterocycles. The second kappa shape index (κ2) is 3.92. The molecule has 3 aromatic rings. The Morgan fingerprint density at radius 1 is 1.28 bits per heavy atom. The molecule has 18 heavy (non-hydrogen) atoms. The molecule has 6 heteroatoms. The van der Waals surface area contributed by atoms with Gasteiger partial charge in [0.25, 0.3) is 0 Å². The van der Waals surface area contributed by atoms with Crippen LogP contribution in [-0.2, 0) is 0 Å². The zero-order valence-electron chi connectivity index (χ0n) is 9.19. The third kappa shape index (κ3) is 1.69. The maximum atomic E-state index is 10.8. The lowest BCUT2D eigenvalue weighted by Crippen LogP contribution is -2.00. The van der Waals surface area contributed by atoms with Crippen molar-refractivity contribution in [3.63, 3.8) is 0 Å². The van der Waals surface area contributed by atoms with Crippen molar-refractivity contribution >= 4 is 11.6 Å². The first-order chi connectivity index (χ1) is 8.74. The second-order valence-electron chi connectivity index (χ2n) is 3.72. The summed E-state index contributed by atoms with van der Waals surface area (Å²) in [5.74, 6) is -1.02. The summed E-state index contributed by atoms with van der Waals surface area (Å²) in [5, 5.41) is 13.2. The van der Waals surface area contributed by atoms with Crippen LogP contribution in [0.1, 0.15) is 10.4 Å². The van der Waals surface area contributed by atoms with E-state index in [0.29, 0.717) is 5.65 Å². The minimum atomic E-state index is -1.02. The molecule has 0 radical (unpaired) electrons. The number of nitrogens with zero attached hydrogens (tertiary/aromatic N) is 4. The van der Waals surface area contributed by atoms with Crippen molar-refractivity contribution in [1.82, 2.24) is 19.6 Å². The van der Waals surface area contributed by atoms with Crippen LogP contribution in [0.4, 0.5) is 0 Å². The molecule has 3 rings (SSSR count). The number of pyridine rings is 1. The number of carbonyl (C=O) groups is 1. The van der Waals surface area contributed by atoms with E-state index in [9.17, 15) is 4.79 Å². The molecule has 3 aromatic heterocycles. The predicted molar refractivity (Wildman–Crippen MR) is 63.2 cm³/mol. The molecular formula is C12H8N4O2. The smallest absolute Gasteiger partial charge is 0.338 e. The molecule has 88 valence electrons. The van der Waals surface area contributed by atoms with Crippen LogP contribution in [0.3, 0.4) is 0 Å². The molecule has 1 N–H and O–H groups in total. The lowest BCUT2D eigenvalue weighted by molar-refractivity contribution is 0.0695. The van der Waals surface area contributed by atoms with E-state index >= 15 is 0 Å². The number of rotatable bonds is 2. The molecule has 0 saturated heterocycles. The fourth-order valence-electron chi connectivity index (χ4n) is 1.65. The van der Waals surface area contributed by atoms with Crippen LogP contribution in [0.5, 0.6) is 0 Å². The van der Waals surface area contributed by atoms with Crippen LogP contribution in [0.2, 0.25) is 0 Å². The fraction of sp³-hybridized carbons (Fsp3) is 0. The molecule has 0 aromatic carbocycles. The van der Waals surface area contributed by atoms with Gasteiger partial charge >= 0.3 is 5.97 Å². The zero-order chi connectivity index (χ0) is 12.5. The molecule has 0 saturated carbocycles. The summed E-state index contributed by atoms with van der Waals surface area (Å²) < 4.78 is 1.46. The highest BCUT2D eigenvalue weighted by Gasteiger charge is 2.08. The summed E-state index contributed by atoms with van der Waals surface area (Å²) in [6.45, 7) is 0. The number of carboxylic acid groups (broad SMARTS) is 1. The van der Waals surface area contributed by atoms with Crippen molar-refractivity contribution in [2.75, 3.05) is 0 Å². The summed E-state index contributed by atoms with van der Waals surface area (Å²) in [6.07, 6.45) is 6.11. The third-order valence-corrected chi connectivity index (χ3v) is 2.54. The average molecular weight is 240 g/mol. The van der Waals surface area contributed by atoms with E-state index in [4.69, 9.17) is 5.11 Å². The van der Waals surface area contributed by atoms with E-state index in [1.54, 1.807) is 18.5 Å². The highest BCUT2D eigenvalue weighted by atomic mass is 16.4. The van der Waals surface area contributed by atoms with Crippen LogP contribution in [-0.4, -0.2) is 30.7 Å². The largest absolute Gasteiger partial charge is 0.478 e. The minimum absolute atomic E-state index is 0.104. The Kier molecular flexibility index (Phi) is 2.26. The second-order valence-corrected chi connectivity index (χ2v) is 3.72. The van der Waals surface area contributed by atoms with Gasteiger partial charge in [-0.1, -0.05) is 0 Å². The van der Waals surface area contributed by atoms with Gasteiger partial charge in [-0.3, -0.25) is 4.98 Å². The molecular weight excluding hydrogens is 232 g/mol. The van der Waals surface area contributed by atoms with Crippen molar-refractivity contribution < 1.29 is 9.90 Å². The SMILES string of the molecule is O=C(O)c1cnc2cc(-c3ccncc3)nn2c1. The summed E-state index contributed by atoms with van der Waals surface area (Å²) in [5.41, 5.74) is 2.35. The van der Waals surface area contributed by atoms with Crippen molar-refractivity contribution in [3.8, 4) is 11.3 Å². The van der Waals surface area contributed by atoms with Gasteiger partial charge in [-0.25, -0.2) is 14.3 Å². The van der Waals surface area contributed by atoms with E-state index < -0.39 is 5.97 Å². The van der Waals surface area contributed by atoms with Gasteiger partial charge < -0.3 is 5.11 Å². The lowest BCUT2D eigenvalue weighted by Gasteiger charge is -1.94. The number of aromatic carboxylic acids is 1. The Bertz CT molecular complexity index is 721. The summed E-state index contributed by atoms with van der Waals surface area (Å²) >= 11 is 0. The Balaban J connectivity index is 2.14. The standard InChI is InChI=1S/C12H8N4O2/c17-12(18)9-6-14-11-5-10(15-16(11)7-9)8-1-3-13-4-2-8/h1-7H,(H,17,18). The van der Waals surface area contributed by atoms with Crippen molar-refractivity contribution in [3.05, 3.63) is 48.5 Å². The van der Waals surface area contributed by atoms with Gasteiger partial charge in [0.15, 0.2) is 5.65 Å². The van der Waals surface area contributed by atoms with Gasteiger partial charge in [0.2, 0.25) is 0 Å². The Hall–Kier alpha value is -2.76. The average Bonchev–Trinajstić information content (AvgIpc) is 2.82. The van der Waals surface area contributed by atoms with E-state index in [0.717, 1.165) is 11.3 Å². The molecule has 0 amide bonds. The summed E-state index contributed by atoms with van der Waals surface area (Å²) in [6, 6.07) is 5.46. The lowest BCUT2D eigenvalue weighted by atomic mass is 10.2. The number of hydrogen-bond acceptors (Lipinski definition) is 4. The quantitative estimate of drug-likeness (QED) is 0.734. The van der Waals surface area contributed by atoms with E-state index in [1.165, 1.54) is 16.9 Å². The van der Waals surface area contributed by atoms with Gasteiger partial charge in [-0.15, -0.1) is 0 Å². The Morgan fingerprint density at radius 2 is 2.06 bits per heavy atom. The first-order valence-corrected chi connectivity index (χ1v) is 5.23. The van der Waals surface area contributed by atoms with Gasteiger partial charge in [0.05, 0.1) is 11.3 Å². The highest BCUT2D eigenvalue weighted by molar-refractivity contribution is 5.87. The maximum absolute atomic E-state index is 10.8. The minimum Gasteiger partial charge on any atom is -0.478 e. The first-order valence-electron chi connectivity index (χ1n) is 5.23. The molecule has 0 spiro atoms. The topological polar surface area (TPSA) is 80.4 Å². The van der Waals surface area contributed by atoms with Gasteiger partial charge in [-0.2, -0.15) is 5.10 Å². The number of fused-ring (bicyclic) bond motifs is 1. The van der Waals surface area contributed by atoms with Gasteiger partial charge in [-0.05, 0) is 12.1 Å². The molecule has 6 nitrogen and oxygen atoms in total. The normalized spacial score (nSPS) is 10.7. The van der Waals surface area contributed by atoms with Crippen LogP contribution in [0, 0.1) is 0 Å². The molecule has 0 unspecified atom stereocenters. The Morgan fingerprint density at radius 3 is 2.78 bits per heavy atom. The molecule has 0 atom stereocenters. The van der Waals surface area contributed by atoms with E-state index in [-0.39, 0.29) is 5.56 Å². The zero-order valence-corrected chi connectivity index (χ0v) is 9.19. The van der Waals surface area contributed by atoms with Crippen molar-refractivity contribution in [2.45, 2.75) is 0 Å². The Labute approximate surface area is 102 Å². The first kappa shape index (κ1) is 10.4. The highest BCUT2D eigenvalue weighted by Crippen LogP contribution is 2.17.